The van der Waals surface area contributed by atoms with Crippen LogP contribution >= 0.6 is 0 Å². The van der Waals surface area contributed by atoms with E-state index in [1.54, 1.807) is 25.1 Å². The van der Waals surface area contributed by atoms with Crippen LogP contribution in [0.5, 0.6) is 23.0 Å². The van der Waals surface area contributed by atoms with Crippen molar-refractivity contribution in [1.29, 1.82) is 0 Å². The van der Waals surface area contributed by atoms with Crippen LogP contribution < -0.4 is 14.2 Å². The highest BCUT2D eigenvalue weighted by atomic mass is 19.1. The van der Waals surface area contributed by atoms with Crippen molar-refractivity contribution < 1.29 is 57.2 Å². The topological polar surface area (TPSA) is 155 Å². The second-order valence-corrected chi connectivity index (χ2v) is 12.3. The molecule has 1 saturated heterocycles. The maximum atomic E-state index is 14.9. The number of carbonyl (C=O) groups excluding carboxylic acids is 5. The molecule has 2 atom stereocenters. The number of esters is 2. The molecule has 0 unspecified atom stereocenters. The number of phenols is 1. The Morgan fingerprint density at radius 3 is 2.41 bits per heavy atom. The van der Waals surface area contributed by atoms with Crippen molar-refractivity contribution in [2.75, 3.05) is 34.0 Å². The summed E-state index contributed by atoms with van der Waals surface area (Å²) in [5.41, 5.74) is -0.743. The largest absolute Gasteiger partial charge is 0.504 e. The number of allylic oxidation sites excluding steroid dienone is 1. The summed E-state index contributed by atoms with van der Waals surface area (Å²) in [5, 5.41) is 11.1. The van der Waals surface area contributed by atoms with Crippen LogP contribution in [0.1, 0.15) is 70.6 Å². The molecule has 3 rings (SSSR count). The van der Waals surface area contributed by atoms with Crippen molar-refractivity contribution in [3.8, 4) is 23.0 Å². The van der Waals surface area contributed by atoms with E-state index in [4.69, 9.17) is 23.7 Å². The highest BCUT2D eigenvalue weighted by molar-refractivity contribution is 6.38. The molecule has 49 heavy (non-hydrogen) atoms. The molecule has 0 aromatic heterocycles. The Morgan fingerprint density at radius 2 is 1.76 bits per heavy atom. The van der Waals surface area contributed by atoms with Gasteiger partial charge in [-0.3, -0.25) is 14.4 Å². The van der Waals surface area contributed by atoms with Gasteiger partial charge in [-0.1, -0.05) is 12.1 Å². The van der Waals surface area contributed by atoms with Crippen LogP contribution in [0.25, 0.3) is 0 Å². The number of hydrogen-bond acceptors (Lipinski definition) is 11. The number of benzene rings is 2. The van der Waals surface area contributed by atoms with Crippen molar-refractivity contribution in [3.05, 3.63) is 59.4 Å². The highest BCUT2D eigenvalue weighted by Crippen LogP contribution is 2.39. The molecule has 0 saturated carbocycles. The Labute approximate surface area is 285 Å². The second kappa shape index (κ2) is 17.5. The van der Waals surface area contributed by atoms with Gasteiger partial charge in [0.05, 0.1) is 19.6 Å². The summed E-state index contributed by atoms with van der Waals surface area (Å²) in [6.45, 7) is 5.16. The third kappa shape index (κ3) is 10.3. The molecule has 1 heterocycles. The zero-order chi connectivity index (χ0) is 36.3. The maximum absolute atomic E-state index is 14.9. The molecule has 0 spiro atoms. The van der Waals surface area contributed by atoms with Crippen molar-refractivity contribution in [1.82, 2.24) is 4.90 Å². The molecule has 1 aliphatic heterocycles. The summed E-state index contributed by atoms with van der Waals surface area (Å²) in [7, 11) is 2.98. The molecule has 0 bridgehead atoms. The number of amides is 1. The molecule has 0 radical (unpaired) electrons. The van der Waals surface area contributed by atoms with Gasteiger partial charge in [0.15, 0.2) is 28.8 Å². The molecular formula is C36H44FNO11. The van der Waals surface area contributed by atoms with Crippen LogP contribution in [0.3, 0.4) is 0 Å². The Morgan fingerprint density at radius 1 is 1.04 bits per heavy atom. The molecule has 1 fully saturated rings. The van der Waals surface area contributed by atoms with Crippen LogP contribution in [0.15, 0.2) is 42.5 Å². The number of hydrogen-bond donors (Lipinski definition) is 1. The van der Waals surface area contributed by atoms with Crippen molar-refractivity contribution >= 4 is 29.4 Å². The van der Waals surface area contributed by atoms with Crippen LogP contribution in [0.4, 0.5) is 4.39 Å². The predicted molar refractivity (Wildman–Crippen MR) is 175 cm³/mol. The number of nitrogens with zero attached hydrogens (tertiary/aromatic N) is 1. The third-order valence-corrected chi connectivity index (χ3v) is 7.97. The minimum Gasteiger partial charge on any atom is -0.504 e. The van der Waals surface area contributed by atoms with E-state index < -0.39 is 59.4 Å². The number of rotatable bonds is 16. The number of phenolic OH excluding ortho intramolecular Hbond substituents is 1. The van der Waals surface area contributed by atoms with Crippen LogP contribution in [0, 0.1) is 11.2 Å². The summed E-state index contributed by atoms with van der Waals surface area (Å²) in [6.07, 6.45) is 3.04. The lowest BCUT2D eigenvalue weighted by Gasteiger charge is -2.36. The Hall–Kier alpha value is -4.94. The van der Waals surface area contributed by atoms with E-state index in [-0.39, 0.29) is 49.5 Å². The van der Waals surface area contributed by atoms with E-state index >= 15 is 0 Å². The van der Waals surface area contributed by atoms with Gasteiger partial charge in [-0.05, 0) is 83.6 Å². The second-order valence-electron chi connectivity index (χ2n) is 12.3. The molecule has 13 heteroatoms. The fourth-order valence-electron chi connectivity index (χ4n) is 5.30. The van der Waals surface area contributed by atoms with Gasteiger partial charge in [0.25, 0.3) is 5.91 Å². The van der Waals surface area contributed by atoms with Crippen molar-refractivity contribution in [2.24, 2.45) is 5.41 Å². The van der Waals surface area contributed by atoms with E-state index in [1.165, 1.54) is 47.1 Å². The lowest BCUT2D eigenvalue weighted by Crippen LogP contribution is -2.53. The SMILES string of the molecule is C/C=C\C(=O)OCC(C)(C)C(=O)C(=O)N1CCCC[C@H]1C(=O)O[C@H](CCc1ccc(OC)c(OC)c1)c1cc(F)cc(OCC(C)=O)c1O. The van der Waals surface area contributed by atoms with Gasteiger partial charge in [0, 0.05) is 24.3 Å². The third-order valence-electron chi connectivity index (χ3n) is 7.97. The Kier molecular flexibility index (Phi) is 13.7. The fraction of sp³-hybridized carbons (Fsp3) is 0.472. The van der Waals surface area contributed by atoms with Crippen LogP contribution in [-0.2, 0) is 39.9 Å². The number of likely N-dealkylation sites (tertiary alicyclic amines) is 1. The van der Waals surface area contributed by atoms with Crippen LogP contribution in [0.2, 0.25) is 0 Å². The first-order chi connectivity index (χ1) is 23.2. The molecule has 1 N–H and O–H groups in total. The molecule has 12 nitrogen and oxygen atoms in total. The van der Waals surface area contributed by atoms with Gasteiger partial charge in [0.1, 0.15) is 31.2 Å². The predicted octanol–water partition coefficient (Wildman–Crippen LogP) is 4.83. The van der Waals surface area contributed by atoms with Crippen molar-refractivity contribution in [2.45, 2.75) is 71.9 Å². The van der Waals surface area contributed by atoms with E-state index in [1.807, 2.05) is 0 Å². The molecular weight excluding hydrogens is 641 g/mol. The number of aryl methyl sites for hydroxylation is 1. The summed E-state index contributed by atoms with van der Waals surface area (Å²) >= 11 is 0. The Bertz CT molecular complexity index is 1570. The molecule has 1 amide bonds. The lowest BCUT2D eigenvalue weighted by molar-refractivity contribution is -0.165. The number of carbonyl (C=O) groups is 5. The van der Waals surface area contributed by atoms with E-state index in [0.717, 1.165) is 22.6 Å². The molecule has 1 aliphatic rings. The summed E-state index contributed by atoms with van der Waals surface area (Å²) < 4.78 is 42.0. The number of methoxy groups -OCH3 is 2. The first kappa shape index (κ1) is 38.5. The number of halogens is 1. The van der Waals surface area contributed by atoms with Gasteiger partial charge in [0.2, 0.25) is 5.78 Å². The van der Waals surface area contributed by atoms with Crippen LogP contribution in [-0.4, -0.2) is 79.4 Å². The standard InChI is InChI=1S/C36H44FNO11/c1-7-10-31(40)48-21-36(3,4)33(42)34(43)38-16-9-8-11-26(38)35(44)49-27(14-12-23-13-15-28(45-5)29(17-23)46-6)25-18-24(37)19-30(32(25)41)47-20-22(2)39/h7,10,13,15,17-19,26-27,41H,8-9,11-12,14,16,20-21H2,1-6H3/b10-7-/t26-,27+/m0/s1. The van der Waals surface area contributed by atoms with Gasteiger partial charge in [-0.25, -0.2) is 14.0 Å². The Balaban J connectivity index is 1.92. The summed E-state index contributed by atoms with van der Waals surface area (Å²) in [5.74, 6) is -4.33. The summed E-state index contributed by atoms with van der Waals surface area (Å²) in [6, 6.07) is 5.98. The molecule has 266 valence electrons. The van der Waals surface area contributed by atoms with Gasteiger partial charge < -0.3 is 33.7 Å². The van der Waals surface area contributed by atoms with E-state index in [9.17, 15) is 33.5 Å². The van der Waals surface area contributed by atoms with E-state index in [0.29, 0.717) is 24.3 Å². The number of aromatic hydroxyl groups is 1. The number of piperidine rings is 1. The minimum atomic E-state index is -1.38. The number of ketones is 2. The normalized spacial score (nSPS) is 15.3. The lowest BCUT2D eigenvalue weighted by atomic mass is 9.87. The first-order valence-corrected chi connectivity index (χ1v) is 15.9. The highest BCUT2D eigenvalue weighted by Gasteiger charge is 2.42. The minimum absolute atomic E-state index is 0.0502. The number of ether oxygens (including phenoxy) is 5. The fourth-order valence-corrected chi connectivity index (χ4v) is 5.30. The quantitative estimate of drug-likeness (QED) is 0.147. The summed E-state index contributed by atoms with van der Waals surface area (Å²) in [4.78, 5) is 65.3. The monoisotopic (exact) mass is 685 g/mol. The van der Waals surface area contributed by atoms with E-state index in [2.05, 4.69) is 0 Å². The first-order valence-electron chi connectivity index (χ1n) is 15.9. The van der Waals surface area contributed by atoms with Gasteiger partial charge in [-0.2, -0.15) is 0 Å². The zero-order valence-electron chi connectivity index (χ0n) is 28.7. The zero-order valence-corrected chi connectivity index (χ0v) is 28.7. The molecule has 2 aromatic rings. The van der Waals surface area contributed by atoms with Gasteiger partial charge >= 0.3 is 11.9 Å². The average Bonchev–Trinajstić information content (AvgIpc) is 3.08. The molecule has 2 aromatic carbocycles. The maximum Gasteiger partial charge on any atom is 0.330 e. The smallest absolute Gasteiger partial charge is 0.330 e. The molecule has 0 aliphatic carbocycles. The van der Waals surface area contributed by atoms with Gasteiger partial charge in [-0.15, -0.1) is 0 Å². The number of Topliss-reactive ketones (excluding diaryl/α,β-unsaturated/α-hetero) is 2. The average molecular weight is 686 g/mol. The van der Waals surface area contributed by atoms with Crippen molar-refractivity contribution in [3.63, 3.8) is 0 Å².